The number of nitrogens with zero attached hydrogens (tertiary/aromatic N) is 5. The van der Waals surface area contributed by atoms with E-state index < -0.39 is 22.2 Å². The topological polar surface area (TPSA) is 117 Å². The van der Waals surface area contributed by atoms with Crippen LogP contribution in [-0.4, -0.2) is 24.6 Å². The van der Waals surface area contributed by atoms with Gasteiger partial charge in [-0.3, -0.25) is 19.5 Å². The van der Waals surface area contributed by atoms with E-state index in [2.05, 4.69) is 15.1 Å². The van der Waals surface area contributed by atoms with Crippen molar-refractivity contribution in [2.45, 2.75) is 12.7 Å². The smallest absolute Gasteiger partial charge is 0.337 e. The lowest BCUT2D eigenvalue weighted by Gasteiger charge is -2.05. The highest BCUT2D eigenvalue weighted by Crippen LogP contribution is 2.30. The molecule has 9 nitrogen and oxygen atoms in total. The molecule has 0 radical (unpaired) electrons. The second-order valence-electron chi connectivity index (χ2n) is 6.22. The van der Waals surface area contributed by atoms with Crippen LogP contribution in [0, 0.1) is 10.1 Å². The molecule has 30 heavy (non-hydrogen) atoms. The van der Waals surface area contributed by atoms with Crippen LogP contribution in [0.3, 0.4) is 0 Å². The third kappa shape index (κ3) is 3.62. The summed E-state index contributed by atoms with van der Waals surface area (Å²) in [6.45, 7) is -0.169. The Balaban J connectivity index is 1.62. The quantitative estimate of drug-likeness (QED) is 0.369. The van der Waals surface area contributed by atoms with E-state index in [1.165, 1.54) is 30.6 Å². The molecule has 0 saturated heterocycles. The van der Waals surface area contributed by atoms with Gasteiger partial charge in [0.15, 0.2) is 0 Å². The van der Waals surface area contributed by atoms with E-state index in [-0.39, 0.29) is 34.9 Å². The monoisotopic (exact) mass is 417 g/mol. The molecule has 4 rings (SSSR count). The highest BCUT2D eigenvalue weighted by molar-refractivity contribution is 5.79. The normalized spacial score (nSPS) is 11.7. The molecule has 0 aliphatic heterocycles. The van der Waals surface area contributed by atoms with E-state index in [0.717, 1.165) is 22.8 Å². The van der Waals surface area contributed by atoms with Crippen molar-refractivity contribution in [3.8, 4) is 11.4 Å². The van der Waals surface area contributed by atoms with Gasteiger partial charge in [0.25, 0.3) is 11.2 Å². The number of benzene rings is 2. The number of hydrogen-bond acceptors (Lipinski definition) is 7. The van der Waals surface area contributed by atoms with Gasteiger partial charge in [0.05, 0.1) is 27.7 Å². The van der Waals surface area contributed by atoms with Crippen LogP contribution in [0.1, 0.15) is 11.5 Å². The summed E-state index contributed by atoms with van der Waals surface area (Å²) in [4.78, 5) is 31.1. The molecule has 0 spiro atoms. The molecular weight excluding hydrogens is 407 g/mol. The number of alkyl halides is 3. The molecule has 12 heteroatoms. The first-order chi connectivity index (χ1) is 14.2. The van der Waals surface area contributed by atoms with Crippen molar-refractivity contribution in [2.24, 2.45) is 0 Å². The maximum absolute atomic E-state index is 12.7. The van der Waals surface area contributed by atoms with Gasteiger partial charge in [0, 0.05) is 17.7 Å². The van der Waals surface area contributed by atoms with Crippen molar-refractivity contribution in [3.05, 3.63) is 80.7 Å². The Morgan fingerprint density at radius 1 is 1.13 bits per heavy atom. The van der Waals surface area contributed by atoms with Gasteiger partial charge < -0.3 is 4.52 Å². The van der Waals surface area contributed by atoms with E-state index in [4.69, 9.17) is 4.52 Å². The van der Waals surface area contributed by atoms with Gasteiger partial charge in [-0.05, 0) is 18.2 Å². The summed E-state index contributed by atoms with van der Waals surface area (Å²) >= 11 is 0. The second-order valence-corrected chi connectivity index (χ2v) is 6.22. The molecule has 152 valence electrons. The number of nitro groups is 1. The van der Waals surface area contributed by atoms with Gasteiger partial charge in [-0.15, -0.1) is 0 Å². The van der Waals surface area contributed by atoms with Crippen molar-refractivity contribution >= 4 is 16.6 Å². The fraction of sp³-hybridized carbons (Fsp3) is 0.111. The van der Waals surface area contributed by atoms with Crippen LogP contribution < -0.4 is 5.56 Å². The standard InChI is InChI=1S/C18H10F3N5O4/c19-18(20,21)11-3-1-10(2-4-11)16-23-15(30-24-16)8-25-9-22-14-6-5-12(26(28)29)7-13(14)17(25)27/h1-7,9H,8H2. The Morgan fingerprint density at radius 2 is 1.87 bits per heavy atom. The minimum atomic E-state index is -4.46. The lowest BCUT2D eigenvalue weighted by atomic mass is 10.1. The summed E-state index contributed by atoms with van der Waals surface area (Å²) in [5.41, 5.74) is -1.01. The highest BCUT2D eigenvalue weighted by atomic mass is 19.4. The lowest BCUT2D eigenvalue weighted by Crippen LogP contribution is -2.21. The van der Waals surface area contributed by atoms with Crippen molar-refractivity contribution in [3.63, 3.8) is 0 Å². The molecular formula is C18H10F3N5O4. The Morgan fingerprint density at radius 3 is 2.53 bits per heavy atom. The van der Waals surface area contributed by atoms with Gasteiger partial charge in [0.2, 0.25) is 11.7 Å². The molecule has 4 aromatic rings. The van der Waals surface area contributed by atoms with Gasteiger partial charge in [-0.2, -0.15) is 18.2 Å². The number of halogens is 3. The third-order valence-corrected chi connectivity index (χ3v) is 4.26. The van der Waals surface area contributed by atoms with Gasteiger partial charge in [-0.1, -0.05) is 17.3 Å². The fourth-order valence-corrected chi connectivity index (χ4v) is 2.76. The third-order valence-electron chi connectivity index (χ3n) is 4.26. The van der Waals surface area contributed by atoms with Crippen LogP contribution in [0.2, 0.25) is 0 Å². The molecule has 0 N–H and O–H groups in total. The Hall–Kier alpha value is -4.09. The molecule has 0 atom stereocenters. The first kappa shape index (κ1) is 19.2. The maximum Gasteiger partial charge on any atom is 0.416 e. The van der Waals surface area contributed by atoms with Crippen LogP contribution in [-0.2, 0) is 12.7 Å². The molecule has 0 aliphatic carbocycles. The average Bonchev–Trinajstić information content (AvgIpc) is 3.18. The molecule has 0 fully saturated rings. The molecule has 0 amide bonds. The van der Waals surface area contributed by atoms with E-state index >= 15 is 0 Å². The SMILES string of the molecule is O=c1c2cc([N+](=O)[O-])ccc2ncn1Cc1nc(-c2ccc(C(F)(F)F)cc2)no1. The minimum absolute atomic E-state index is 0.0126. The predicted octanol–water partition coefficient (Wildman–Crippen LogP) is 3.42. The number of aromatic nitrogens is 4. The van der Waals surface area contributed by atoms with Crippen LogP contribution in [0.5, 0.6) is 0 Å². The lowest BCUT2D eigenvalue weighted by molar-refractivity contribution is -0.384. The number of nitro benzene ring substituents is 1. The van der Waals surface area contributed by atoms with E-state index in [1.807, 2.05) is 0 Å². The molecule has 2 aromatic carbocycles. The van der Waals surface area contributed by atoms with Gasteiger partial charge in [-0.25, -0.2) is 4.98 Å². The van der Waals surface area contributed by atoms with Crippen LogP contribution >= 0.6 is 0 Å². The molecule has 0 aliphatic rings. The number of non-ortho nitro benzene ring substituents is 1. The zero-order valence-corrected chi connectivity index (χ0v) is 14.8. The first-order valence-electron chi connectivity index (χ1n) is 8.36. The Bertz CT molecular complexity index is 1310. The fourth-order valence-electron chi connectivity index (χ4n) is 2.76. The highest BCUT2D eigenvalue weighted by Gasteiger charge is 2.30. The van der Waals surface area contributed by atoms with E-state index in [0.29, 0.717) is 5.56 Å². The Kier molecular flexibility index (Phi) is 4.53. The largest absolute Gasteiger partial charge is 0.416 e. The van der Waals surface area contributed by atoms with Crippen LogP contribution in [0.4, 0.5) is 18.9 Å². The second kappa shape index (κ2) is 7.06. The van der Waals surface area contributed by atoms with Crippen molar-refractivity contribution in [1.29, 1.82) is 0 Å². The summed E-state index contributed by atoms with van der Waals surface area (Å²) in [5.74, 6) is 0.0646. The number of rotatable bonds is 4. The van der Waals surface area contributed by atoms with Crippen molar-refractivity contribution in [2.75, 3.05) is 0 Å². The zero-order valence-electron chi connectivity index (χ0n) is 14.8. The number of hydrogen-bond donors (Lipinski definition) is 0. The van der Waals surface area contributed by atoms with E-state index in [9.17, 15) is 28.1 Å². The minimum Gasteiger partial charge on any atom is -0.337 e. The molecule has 0 bridgehead atoms. The summed E-state index contributed by atoms with van der Waals surface area (Å²) in [6, 6.07) is 7.96. The average molecular weight is 417 g/mol. The van der Waals surface area contributed by atoms with Crippen molar-refractivity contribution in [1.82, 2.24) is 19.7 Å². The van der Waals surface area contributed by atoms with Crippen molar-refractivity contribution < 1.29 is 22.6 Å². The van der Waals surface area contributed by atoms with Crippen LogP contribution in [0.15, 0.2) is 58.1 Å². The summed E-state index contributed by atoms with van der Waals surface area (Å²) < 4.78 is 44.2. The summed E-state index contributed by atoms with van der Waals surface area (Å²) in [5, 5.41) is 14.7. The molecule has 2 aromatic heterocycles. The maximum atomic E-state index is 12.7. The van der Waals surface area contributed by atoms with Gasteiger partial charge in [0.1, 0.15) is 6.54 Å². The molecule has 0 saturated carbocycles. The van der Waals surface area contributed by atoms with E-state index in [1.54, 1.807) is 0 Å². The molecule has 2 heterocycles. The molecule has 0 unspecified atom stereocenters. The predicted molar refractivity (Wildman–Crippen MR) is 96.5 cm³/mol. The first-order valence-corrected chi connectivity index (χ1v) is 8.36. The number of fused-ring (bicyclic) bond motifs is 1. The Labute approximate surface area is 164 Å². The summed E-state index contributed by atoms with van der Waals surface area (Å²) in [6.07, 6.45) is -3.22. The van der Waals surface area contributed by atoms with Gasteiger partial charge >= 0.3 is 6.18 Å². The van der Waals surface area contributed by atoms with Crippen LogP contribution in [0.25, 0.3) is 22.3 Å². The summed E-state index contributed by atoms with van der Waals surface area (Å²) in [7, 11) is 0. The zero-order chi connectivity index (χ0) is 21.5.